The third-order valence-electron chi connectivity index (χ3n) is 1.72. The molecule has 0 aliphatic rings. The zero-order valence-electron chi connectivity index (χ0n) is 7.84. The van der Waals surface area contributed by atoms with Gasteiger partial charge in [-0.3, -0.25) is 0 Å². The van der Waals surface area contributed by atoms with Crippen LogP contribution in [0.5, 0.6) is 5.88 Å². The Morgan fingerprint density at radius 3 is 3.21 bits per heavy atom. The molecule has 74 valence electrons. The Bertz CT molecular complexity index is 438. The van der Waals surface area contributed by atoms with Gasteiger partial charge in [0.15, 0.2) is 0 Å². The molecule has 0 atom stereocenters. The van der Waals surface area contributed by atoms with Crippen molar-refractivity contribution in [2.24, 2.45) is 5.73 Å². The summed E-state index contributed by atoms with van der Waals surface area (Å²) in [6.07, 6.45) is 1.44. The van der Waals surface area contributed by atoms with Gasteiger partial charge in [-0.15, -0.1) is 0 Å². The van der Waals surface area contributed by atoms with E-state index in [0.29, 0.717) is 24.8 Å². The Kier molecular flexibility index (Phi) is 2.28. The van der Waals surface area contributed by atoms with Crippen LogP contribution >= 0.6 is 0 Å². The van der Waals surface area contributed by atoms with Crippen LogP contribution in [0.25, 0.3) is 5.78 Å². The molecule has 0 saturated heterocycles. The summed E-state index contributed by atoms with van der Waals surface area (Å²) < 4.78 is 6.95. The largest absolute Gasteiger partial charge is 0.476 e. The quantitative estimate of drug-likeness (QED) is 0.728. The molecule has 2 heterocycles. The van der Waals surface area contributed by atoms with Crippen molar-refractivity contribution in [3.05, 3.63) is 18.1 Å². The van der Waals surface area contributed by atoms with Gasteiger partial charge in [0.05, 0.1) is 0 Å². The van der Waals surface area contributed by atoms with Crippen LogP contribution in [0.4, 0.5) is 0 Å². The van der Waals surface area contributed by atoms with Crippen LogP contribution < -0.4 is 10.5 Å². The number of aromatic nitrogens is 4. The number of nitrogens with two attached hydrogens (primary N) is 1. The molecule has 0 saturated carbocycles. The first-order chi connectivity index (χ1) is 6.81. The predicted molar refractivity (Wildman–Crippen MR) is 50.1 cm³/mol. The summed E-state index contributed by atoms with van der Waals surface area (Å²) in [4.78, 5) is 8.16. The maximum Gasteiger partial charge on any atom is 0.255 e. The lowest BCUT2D eigenvalue weighted by molar-refractivity contribution is 0.306. The summed E-state index contributed by atoms with van der Waals surface area (Å²) >= 11 is 0. The van der Waals surface area contributed by atoms with E-state index >= 15 is 0 Å². The van der Waals surface area contributed by atoms with Crippen molar-refractivity contribution < 1.29 is 4.74 Å². The molecule has 0 unspecified atom stereocenters. The van der Waals surface area contributed by atoms with E-state index in [1.807, 2.05) is 6.92 Å². The fourth-order valence-electron chi connectivity index (χ4n) is 1.16. The van der Waals surface area contributed by atoms with Gasteiger partial charge < -0.3 is 10.5 Å². The third kappa shape index (κ3) is 1.51. The number of fused-ring (bicyclic) bond motifs is 1. The van der Waals surface area contributed by atoms with Gasteiger partial charge in [0.25, 0.3) is 5.78 Å². The van der Waals surface area contributed by atoms with Crippen molar-refractivity contribution in [2.45, 2.75) is 6.92 Å². The van der Waals surface area contributed by atoms with E-state index in [0.717, 1.165) is 5.69 Å². The van der Waals surface area contributed by atoms with Crippen LogP contribution in [0.3, 0.4) is 0 Å². The van der Waals surface area contributed by atoms with Crippen molar-refractivity contribution in [2.75, 3.05) is 13.2 Å². The Labute approximate surface area is 80.7 Å². The van der Waals surface area contributed by atoms with E-state index in [1.165, 1.54) is 6.33 Å². The first-order valence-electron chi connectivity index (χ1n) is 4.31. The molecule has 2 rings (SSSR count). The molecule has 2 aromatic rings. The number of hydrogen-bond acceptors (Lipinski definition) is 5. The first kappa shape index (κ1) is 8.89. The van der Waals surface area contributed by atoms with Gasteiger partial charge in [0.1, 0.15) is 12.9 Å². The second-order valence-corrected chi connectivity index (χ2v) is 2.84. The van der Waals surface area contributed by atoms with Crippen LogP contribution in [-0.4, -0.2) is 32.7 Å². The van der Waals surface area contributed by atoms with E-state index in [1.54, 1.807) is 10.6 Å². The SMILES string of the molecule is Cc1cc(OCCN)n2ncnc2n1. The molecule has 2 N–H and O–H groups in total. The Hall–Kier alpha value is -1.69. The van der Waals surface area contributed by atoms with Gasteiger partial charge >= 0.3 is 0 Å². The first-order valence-corrected chi connectivity index (χ1v) is 4.31. The van der Waals surface area contributed by atoms with Gasteiger partial charge in [0.2, 0.25) is 5.88 Å². The minimum Gasteiger partial charge on any atom is -0.476 e. The number of ether oxygens (including phenoxy) is 1. The summed E-state index contributed by atoms with van der Waals surface area (Å²) in [6.45, 7) is 2.81. The van der Waals surface area contributed by atoms with Gasteiger partial charge in [-0.05, 0) is 6.92 Å². The zero-order valence-corrected chi connectivity index (χ0v) is 7.84. The molecular weight excluding hydrogens is 182 g/mol. The predicted octanol–water partition coefficient (Wildman–Crippen LogP) is -0.230. The van der Waals surface area contributed by atoms with Gasteiger partial charge in [-0.1, -0.05) is 0 Å². The molecule has 0 radical (unpaired) electrons. The third-order valence-corrected chi connectivity index (χ3v) is 1.72. The van der Waals surface area contributed by atoms with E-state index in [2.05, 4.69) is 15.1 Å². The molecule has 14 heavy (non-hydrogen) atoms. The van der Waals surface area contributed by atoms with Crippen LogP contribution in [0.2, 0.25) is 0 Å². The van der Waals surface area contributed by atoms with Gasteiger partial charge in [-0.2, -0.15) is 14.6 Å². The van der Waals surface area contributed by atoms with Crippen molar-refractivity contribution in [3.8, 4) is 5.88 Å². The summed E-state index contributed by atoms with van der Waals surface area (Å²) in [7, 11) is 0. The zero-order chi connectivity index (χ0) is 9.97. The van der Waals surface area contributed by atoms with Crippen molar-refractivity contribution in [3.63, 3.8) is 0 Å². The average molecular weight is 193 g/mol. The van der Waals surface area contributed by atoms with E-state index in [-0.39, 0.29) is 0 Å². The van der Waals surface area contributed by atoms with Crippen molar-refractivity contribution in [1.82, 2.24) is 19.6 Å². The van der Waals surface area contributed by atoms with Crippen molar-refractivity contribution in [1.29, 1.82) is 0 Å². The molecular formula is C8H11N5O. The van der Waals surface area contributed by atoms with Crippen LogP contribution in [0.1, 0.15) is 5.69 Å². The maximum absolute atomic E-state index is 5.40. The minimum absolute atomic E-state index is 0.457. The smallest absolute Gasteiger partial charge is 0.255 e. The molecule has 0 fully saturated rings. The molecule has 2 aromatic heterocycles. The summed E-state index contributed by atoms with van der Waals surface area (Å²) in [5, 5.41) is 3.99. The molecule has 6 nitrogen and oxygen atoms in total. The molecule has 0 amide bonds. The second-order valence-electron chi connectivity index (χ2n) is 2.84. The monoisotopic (exact) mass is 193 g/mol. The van der Waals surface area contributed by atoms with Crippen LogP contribution in [0.15, 0.2) is 12.4 Å². The standard InChI is InChI=1S/C8H11N5O/c1-6-4-7(14-3-2-9)13-8(12-6)10-5-11-13/h4-5H,2-3,9H2,1H3. The topological polar surface area (TPSA) is 78.3 Å². The highest BCUT2D eigenvalue weighted by molar-refractivity contribution is 5.32. The molecule has 6 heteroatoms. The highest BCUT2D eigenvalue weighted by Gasteiger charge is 2.05. The second kappa shape index (κ2) is 3.59. The molecule has 0 aromatic carbocycles. The van der Waals surface area contributed by atoms with E-state index in [4.69, 9.17) is 10.5 Å². The van der Waals surface area contributed by atoms with Crippen LogP contribution in [-0.2, 0) is 0 Å². The Balaban J connectivity index is 2.44. The number of nitrogens with zero attached hydrogens (tertiary/aromatic N) is 4. The fraction of sp³-hybridized carbons (Fsp3) is 0.375. The summed E-state index contributed by atoms with van der Waals surface area (Å²) in [5.41, 5.74) is 6.19. The van der Waals surface area contributed by atoms with E-state index in [9.17, 15) is 0 Å². The molecule has 0 aliphatic heterocycles. The average Bonchev–Trinajstić information content (AvgIpc) is 2.61. The lowest BCUT2D eigenvalue weighted by Crippen LogP contribution is -2.13. The molecule has 0 aliphatic carbocycles. The molecule has 0 spiro atoms. The van der Waals surface area contributed by atoms with E-state index < -0.39 is 0 Å². The summed E-state index contributed by atoms with van der Waals surface area (Å²) in [6, 6.07) is 1.80. The van der Waals surface area contributed by atoms with Gasteiger partial charge in [-0.25, -0.2) is 4.98 Å². The highest BCUT2D eigenvalue weighted by Crippen LogP contribution is 2.11. The number of hydrogen-bond donors (Lipinski definition) is 1. The Morgan fingerprint density at radius 2 is 2.43 bits per heavy atom. The maximum atomic E-state index is 5.40. The lowest BCUT2D eigenvalue weighted by Gasteiger charge is -2.05. The lowest BCUT2D eigenvalue weighted by atomic mass is 10.4. The van der Waals surface area contributed by atoms with Crippen LogP contribution in [0, 0.1) is 6.92 Å². The van der Waals surface area contributed by atoms with Gasteiger partial charge in [0, 0.05) is 18.3 Å². The normalized spacial score (nSPS) is 10.7. The summed E-state index contributed by atoms with van der Waals surface area (Å²) in [5.74, 6) is 1.16. The highest BCUT2D eigenvalue weighted by atomic mass is 16.5. The fourth-order valence-corrected chi connectivity index (χ4v) is 1.16. The van der Waals surface area contributed by atoms with Crippen molar-refractivity contribution >= 4 is 5.78 Å². The minimum atomic E-state index is 0.457. The number of aryl methyl sites for hydroxylation is 1. The Morgan fingerprint density at radius 1 is 1.57 bits per heavy atom. The number of rotatable bonds is 3. The molecule has 0 bridgehead atoms.